The third-order valence-electron chi connectivity index (χ3n) is 3.36. The number of alkyl halides is 1. The Morgan fingerprint density at radius 1 is 1.17 bits per heavy atom. The lowest BCUT2D eigenvalue weighted by Crippen LogP contribution is -2.30. The predicted octanol–water partition coefficient (Wildman–Crippen LogP) is 3.67. The summed E-state index contributed by atoms with van der Waals surface area (Å²) in [6, 6.07) is 0. The Labute approximate surface area is 111 Å². The van der Waals surface area contributed by atoms with Crippen molar-refractivity contribution in [1.29, 1.82) is 0 Å². The predicted molar refractivity (Wildman–Crippen MR) is 77.8 cm³/mol. The van der Waals surface area contributed by atoms with Gasteiger partial charge in [0, 0.05) is 24.4 Å². The van der Waals surface area contributed by atoms with Crippen molar-refractivity contribution in [2.24, 2.45) is 11.1 Å². The van der Waals surface area contributed by atoms with Gasteiger partial charge < -0.3 is 11.1 Å². The van der Waals surface area contributed by atoms with Crippen LogP contribution in [0.4, 0.5) is 4.39 Å². The van der Waals surface area contributed by atoms with Crippen LogP contribution >= 0.6 is 0 Å². The van der Waals surface area contributed by atoms with Gasteiger partial charge in [-0.05, 0) is 25.7 Å². The van der Waals surface area contributed by atoms with Gasteiger partial charge in [-0.1, -0.05) is 38.2 Å². The molecule has 0 bridgehead atoms. The molecule has 0 aromatic carbocycles. The Morgan fingerprint density at radius 3 is 2.17 bits per heavy atom. The molecule has 1 unspecified atom stereocenters. The van der Waals surface area contributed by atoms with Crippen molar-refractivity contribution < 1.29 is 4.39 Å². The van der Waals surface area contributed by atoms with E-state index in [0.717, 1.165) is 31.4 Å². The Kier molecular flexibility index (Phi) is 9.07. The maximum Gasteiger partial charge on any atom is 0.108 e. The van der Waals surface area contributed by atoms with Crippen LogP contribution in [0.25, 0.3) is 0 Å². The summed E-state index contributed by atoms with van der Waals surface area (Å²) in [6.07, 6.45) is 13.2. The largest absolute Gasteiger partial charge is 0.403 e. The van der Waals surface area contributed by atoms with Gasteiger partial charge in [0.1, 0.15) is 6.67 Å². The fraction of sp³-hybridized carbons (Fsp3) is 0.600. The SMILES string of the molecule is CC/C=C/CC(CC)(C/C=C/CF)/C(=C/N)NC. The highest BCUT2D eigenvalue weighted by molar-refractivity contribution is 5.15. The van der Waals surface area contributed by atoms with Crippen molar-refractivity contribution in [1.82, 2.24) is 5.32 Å². The maximum absolute atomic E-state index is 12.2. The summed E-state index contributed by atoms with van der Waals surface area (Å²) < 4.78 is 12.2. The molecule has 2 nitrogen and oxygen atoms in total. The average molecular weight is 254 g/mol. The third kappa shape index (κ3) is 4.94. The van der Waals surface area contributed by atoms with Gasteiger partial charge >= 0.3 is 0 Å². The number of nitrogens with two attached hydrogens (primary N) is 1. The molecule has 0 aliphatic rings. The van der Waals surface area contributed by atoms with Gasteiger partial charge in [-0.15, -0.1) is 0 Å². The molecule has 0 heterocycles. The van der Waals surface area contributed by atoms with Crippen LogP contribution in [0, 0.1) is 5.41 Å². The van der Waals surface area contributed by atoms with Crippen LogP contribution < -0.4 is 11.1 Å². The zero-order valence-electron chi connectivity index (χ0n) is 11.9. The minimum atomic E-state index is -0.411. The van der Waals surface area contributed by atoms with E-state index in [4.69, 9.17) is 5.73 Å². The number of allylic oxidation sites excluding steroid dienone is 5. The Balaban J connectivity index is 5.05. The number of halogens is 1. The first-order chi connectivity index (χ1) is 8.70. The molecule has 0 radical (unpaired) electrons. The lowest BCUT2D eigenvalue weighted by molar-refractivity contribution is 0.329. The molecule has 3 N–H and O–H groups in total. The van der Waals surface area contributed by atoms with Crippen LogP contribution in [0.3, 0.4) is 0 Å². The summed E-state index contributed by atoms with van der Waals surface area (Å²) in [4.78, 5) is 0. The van der Waals surface area contributed by atoms with E-state index in [-0.39, 0.29) is 5.41 Å². The van der Waals surface area contributed by atoms with Crippen molar-refractivity contribution in [3.8, 4) is 0 Å². The van der Waals surface area contributed by atoms with Crippen LogP contribution in [0.1, 0.15) is 39.5 Å². The Bertz CT molecular complexity index is 277. The van der Waals surface area contributed by atoms with E-state index in [1.165, 1.54) is 0 Å². The second kappa shape index (κ2) is 9.75. The molecule has 0 spiro atoms. The van der Waals surface area contributed by atoms with Crippen LogP contribution in [-0.4, -0.2) is 13.7 Å². The summed E-state index contributed by atoms with van der Waals surface area (Å²) in [5, 5.41) is 3.17. The van der Waals surface area contributed by atoms with Gasteiger partial charge in [0.05, 0.1) is 0 Å². The van der Waals surface area contributed by atoms with Crippen LogP contribution in [0.2, 0.25) is 0 Å². The molecule has 3 heteroatoms. The topological polar surface area (TPSA) is 38.0 Å². The standard InChI is InChI=1S/C15H27FN2/c1-4-6-7-10-15(5-2,11-8-9-12-16)14(13-17)18-3/h6-9,13,18H,4-5,10-12,17H2,1-3H3/b7-6+,9-8+,14-13-. The van der Waals surface area contributed by atoms with E-state index in [1.807, 2.05) is 13.1 Å². The van der Waals surface area contributed by atoms with Crippen molar-refractivity contribution in [3.63, 3.8) is 0 Å². The van der Waals surface area contributed by atoms with Crippen LogP contribution in [0.5, 0.6) is 0 Å². The lowest BCUT2D eigenvalue weighted by atomic mass is 9.75. The molecule has 0 aliphatic carbocycles. The van der Waals surface area contributed by atoms with E-state index in [1.54, 1.807) is 12.3 Å². The highest BCUT2D eigenvalue weighted by Gasteiger charge is 2.29. The van der Waals surface area contributed by atoms with E-state index < -0.39 is 6.67 Å². The molecular formula is C15H27FN2. The summed E-state index contributed by atoms with van der Waals surface area (Å²) in [5.41, 5.74) is 6.67. The first-order valence-electron chi connectivity index (χ1n) is 6.66. The third-order valence-corrected chi connectivity index (χ3v) is 3.36. The Hall–Kier alpha value is -1.25. The van der Waals surface area contributed by atoms with Gasteiger partial charge in [0.15, 0.2) is 0 Å². The van der Waals surface area contributed by atoms with E-state index in [0.29, 0.717) is 0 Å². The van der Waals surface area contributed by atoms with Gasteiger partial charge in [-0.3, -0.25) is 0 Å². The molecule has 0 aliphatic heterocycles. The lowest BCUT2D eigenvalue weighted by Gasteiger charge is -2.33. The summed E-state index contributed by atoms with van der Waals surface area (Å²) in [5.74, 6) is 0. The fourth-order valence-corrected chi connectivity index (χ4v) is 2.16. The molecular weight excluding hydrogens is 227 g/mol. The van der Waals surface area contributed by atoms with E-state index in [9.17, 15) is 4.39 Å². The van der Waals surface area contributed by atoms with E-state index >= 15 is 0 Å². The first kappa shape index (κ1) is 16.8. The smallest absolute Gasteiger partial charge is 0.108 e. The molecule has 0 saturated carbocycles. The molecule has 104 valence electrons. The molecule has 0 fully saturated rings. The van der Waals surface area contributed by atoms with Gasteiger partial charge in [0.25, 0.3) is 0 Å². The first-order valence-corrected chi connectivity index (χ1v) is 6.66. The highest BCUT2D eigenvalue weighted by Crippen LogP contribution is 2.38. The zero-order chi connectivity index (χ0) is 13.9. The Morgan fingerprint density at radius 2 is 1.78 bits per heavy atom. The molecule has 0 amide bonds. The van der Waals surface area contributed by atoms with Gasteiger partial charge in [-0.25, -0.2) is 4.39 Å². The second-order valence-electron chi connectivity index (χ2n) is 4.38. The summed E-state index contributed by atoms with van der Waals surface area (Å²) >= 11 is 0. The van der Waals surface area contributed by atoms with Gasteiger partial charge in [0.2, 0.25) is 0 Å². The molecule has 0 saturated heterocycles. The summed E-state index contributed by atoms with van der Waals surface area (Å²) in [7, 11) is 1.88. The molecule has 0 aromatic heterocycles. The van der Waals surface area contributed by atoms with E-state index in [2.05, 4.69) is 31.3 Å². The molecule has 1 atom stereocenters. The van der Waals surface area contributed by atoms with Gasteiger partial charge in [-0.2, -0.15) is 0 Å². The van der Waals surface area contributed by atoms with Crippen molar-refractivity contribution in [2.75, 3.05) is 13.7 Å². The van der Waals surface area contributed by atoms with Crippen LogP contribution in [-0.2, 0) is 0 Å². The van der Waals surface area contributed by atoms with Crippen molar-refractivity contribution >= 4 is 0 Å². The minimum Gasteiger partial charge on any atom is -0.403 e. The second-order valence-corrected chi connectivity index (χ2v) is 4.38. The quantitative estimate of drug-likeness (QED) is 0.616. The normalized spacial score (nSPS) is 16.3. The zero-order valence-corrected chi connectivity index (χ0v) is 11.9. The number of rotatable bonds is 9. The number of hydrogen-bond acceptors (Lipinski definition) is 2. The summed E-state index contributed by atoms with van der Waals surface area (Å²) in [6.45, 7) is 3.85. The molecule has 0 aromatic rings. The molecule has 0 rings (SSSR count). The number of nitrogens with one attached hydrogen (secondary N) is 1. The number of hydrogen-bond donors (Lipinski definition) is 2. The minimum absolute atomic E-state index is 0.0547. The maximum atomic E-state index is 12.2. The average Bonchev–Trinajstić information content (AvgIpc) is 2.40. The van der Waals surface area contributed by atoms with Crippen LogP contribution in [0.15, 0.2) is 36.2 Å². The molecule has 18 heavy (non-hydrogen) atoms. The van der Waals surface area contributed by atoms with Crippen molar-refractivity contribution in [3.05, 3.63) is 36.2 Å². The fourth-order valence-electron chi connectivity index (χ4n) is 2.16. The van der Waals surface area contributed by atoms with Crippen molar-refractivity contribution in [2.45, 2.75) is 39.5 Å². The highest BCUT2D eigenvalue weighted by atomic mass is 19.1. The monoisotopic (exact) mass is 254 g/mol.